The molecule has 1 aromatic heterocycles. The normalized spacial score (nSPS) is 13.3. The first-order valence-electron chi connectivity index (χ1n) is 7.05. The van der Waals surface area contributed by atoms with E-state index in [0.29, 0.717) is 29.7 Å². The number of nitrogens with two attached hydrogens (primary N) is 1. The average molecular weight is 281 g/mol. The van der Waals surface area contributed by atoms with Crippen molar-refractivity contribution in [3.63, 3.8) is 0 Å². The van der Waals surface area contributed by atoms with E-state index in [-0.39, 0.29) is 5.52 Å². The number of nitrogens with one attached hydrogen (secondary N) is 1. The third-order valence-electron chi connectivity index (χ3n) is 3.83. The van der Waals surface area contributed by atoms with Crippen molar-refractivity contribution in [2.75, 3.05) is 6.54 Å². The van der Waals surface area contributed by atoms with Crippen LogP contribution in [0.25, 0.3) is 11.0 Å². The van der Waals surface area contributed by atoms with Gasteiger partial charge in [-0.05, 0) is 43.4 Å². The molecule has 1 unspecified atom stereocenters. The molecule has 0 amide bonds. The number of nitrogens with zero attached hydrogens (tertiary/aromatic N) is 1. The number of imidazole rings is 1. The molecule has 2 aromatic rings. The first kappa shape index (κ1) is 14.9. The molecule has 110 valence electrons. The van der Waals surface area contributed by atoms with E-state index in [2.05, 4.69) is 23.8 Å². The molecule has 1 heterocycles. The summed E-state index contributed by atoms with van der Waals surface area (Å²) in [5, 5.41) is 0. The molecular weight excluding hydrogens is 260 g/mol. The molecule has 2 rings (SSSR count). The molecule has 0 aliphatic rings. The van der Waals surface area contributed by atoms with Crippen molar-refractivity contribution >= 4 is 11.0 Å². The van der Waals surface area contributed by atoms with Gasteiger partial charge in [-0.3, -0.25) is 0 Å². The Kier molecular flexibility index (Phi) is 4.70. The highest BCUT2D eigenvalue weighted by Gasteiger charge is 2.15. The standard InChI is InChI=1S/C15H21F2N3/c1-9(2)10(7-8-18)3-6-13-19-12-5-4-11(16)14(17)15(12)20-13/h4-5,9-10H,3,6-8,18H2,1-2H3,(H,19,20). The van der Waals surface area contributed by atoms with E-state index in [1.54, 1.807) is 0 Å². The van der Waals surface area contributed by atoms with E-state index in [1.165, 1.54) is 6.07 Å². The third-order valence-corrected chi connectivity index (χ3v) is 3.83. The van der Waals surface area contributed by atoms with Crippen molar-refractivity contribution in [2.45, 2.75) is 33.1 Å². The van der Waals surface area contributed by atoms with Crippen molar-refractivity contribution in [3.05, 3.63) is 29.6 Å². The van der Waals surface area contributed by atoms with Crippen LogP contribution in [0.2, 0.25) is 0 Å². The summed E-state index contributed by atoms with van der Waals surface area (Å²) < 4.78 is 26.7. The van der Waals surface area contributed by atoms with E-state index < -0.39 is 11.6 Å². The fourth-order valence-electron chi connectivity index (χ4n) is 2.53. The van der Waals surface area contributed by atoms with Crippen LogP contribution in [-0.4, -0.2) is 16.5 Å². The number of aromatic nitrogens is 2. The molecule has 1 aromatic carbocycles. The molecular formula is C15H21F2N3. The lowest BCUT2D eigenvalue weighted by atomic mass is 9.88. The van der Waals surface area contributed by atoms with E-state index >= 15 is 0 Å². The number of benzene rings is 1. The van der Waals surface area contributed by atoms with Gasteiger partial charge in [-0.25, -0.2) is 13.8 Å². The van der Waals surface area contributed by atoms with Crippen LogP contribution in [-0.2, 0) is 6.42 Å². The largest absolute Gasteiger partial charge is 0.342 e. The summed E-state index contributed by atoms with van der Waals surface area (Å²) in [5.74, 6) is 0.0326. The SMILES string of the molecule is CC(C)C(CCN)CCc1nc2c(F)c(F)ccc2[nH]1. The predicted octanol–water partition coefficient (Wildman–Crippen LogP) is 3.39. The number of hydrogen-bond acceptors (Lipinski definition) is 2. The molecule has 0 spiro atoms. The molecule has 0 saturated carbocycles. The van der Waals surface area contributed by atoms with Crippen LogP contribution in [0.15, 0.2) is 12.1 Å². The first-order chi connectivity index (χ1) is 9.52. The maximum Gasteiger partial charge on any atom is 0.186 e. The lowest BCUT2D eigenvalue weighted by Gasteiger charge is -2.19. The number of aryl methyl sites for hydroxylation is 1. The second-order valence-electron chi connectivity index (χ2n) is 5.56. The number of H-pyrrole nitrogens is 1. The zero-order chi connectivity index (χ0) is 14.7. The van der Waals surface area contributed by atoms with Crippen molar-refractivity contribution < 1.29 is 8.78 Å². The molecule has 20 heavy (non-hydrogen) atoms. The van der Waals surface area contributed by atoms with Gasteiger partial charge in [-0.15, -0.1) is 0 Å². The lowest BCUT2D eigenvalue weighted by Crippen LogP contribution is -2.15. The second-order valence-corrected chi connectivity index (χ2v) is 5.56. The summed E-state index contributed by atoms with van der Waals surface area (Å²) in [6, 6.07) is 2.63. The van der Waals surface area contributed by atoms with Crippen LogP contribution < -0.4 is 5.73 Å². The summed E-state index contributed by atoms with van der Waals surface area (Å²) in [6.07, 6.45) is 2.64. The molecule has 0 aliphatic heterocycles. The summed E-state index contributed by atoms with van der Waals surface area (Å²) in [4.78, 5) is 7.21. The van der Waals surface area contributed by atoms with Crippen LogP contribution >= 0.6 is 0 Å². The molecule has 3 N–H and O–H groups in total. The molecule has 0 fully saturated rings. The van der Waals surface area contributed by atoms with Gasteiger partial charge in [0.25, 0.3) is 0 Å². The Morgan fingerprint density at radius 1 is 1.25 bits per heavy atom. The van der Waals surface area contributed by atoms with Gasteiger partial charge in [0.15, 0.2) is 11.6 Å². The van der Waals surface area contributed by atoms with Crippen molar-refractivity contribution in [2.24, 2.45) is 17.6 Å². The Balaban J connectivity index is 2.12. The Labute approximate surface area is 117 Å². The molecule has 0 radical (unpaired) electrons. The van der Waals surface area contributed by atoms with Crippen LogP contribution in [0.4, 0.5) is 8.78 Å². The zero-order valence-corrected chi connectivity index (χ0v) is 11.9. The van der Waals surface area contributed by atoms with Crippen LogP contribution in [0.3, 0.4) is 0 Å². The van der Waals surface area contributed by atoms with Gasteiger partial charge in [0.1, 0.15) is 11.3 Å². The van der Waals surface area contributed by atoms with E-state index in [9.17, 15) is 8.78 Å². The highest BCUT2D eigenvalue weighted by molar-refractivity contribution is 5.75. The van der Waals surface area contributed by atoms with E-state index in [0.717, 1.165) is 25.3 Å². The highest BCUT2D eigenvalue weighted by Crippen LogP contribution is 2.22. The van der Waals surface area contributed by atoms with Gasteiger partial charge >= 0.3 is 0 Å². The van der Waals surface area contributed by atoms with E-state index in [4.69, 9.17) is 5.73 Å². The average Bonchev–Trinajstić information content (AvgIpc) is 2.82. The maximum atomic E-state index is 13.6. The zero-order valence-electron chi connectivity index (χ0n) is 11.9. The van der Waals surface area contributed by atoms with Crippen LogP contribution in [0.5, 0.6) is 0 Å². The van der Waals surface area contributed by atoms with Crippen LogP contribution in [0.1, 0.15) is 32.5 Å². The Hall–Kier alpha value is -1.49. The van der Waals surface area contributed by atoms with Crippen molar-refractivity contribution in [3.8, 4) is 0 Å². The monoisotopic (exact) mass is 281 g/mol. The van der Waals surface area contributed by atoms with Gasteiger partial charge in [0.05, 0.1) is 5.52 Å². The number of aromatic amines is 1. The molecule has 0 aliphatic carbocycles. The summed E-state index contributed by atoms with van der Waals surface area (Å²) >= 11 is 0. The van der Waals surface area contributed by atoms with Crippen molar-refractivity contribution in [1.29, 1.82) is 0 Å². The van der Waals surface area contributed by atoms with Gasteiger partial charge < -0.3 is 10.7 Å². The Morgan fingerprint density at radius 2 is 2.00 bits per heavy atom. The topological polar surface area (TPSA) is 54.7 Å². The van der Waals surface area contributed by atoms with E-state index in [1.807, 2.05) is 0 Å². The third kappa shape index (κ3) is 3.15. The predicted molar refractivity (Wildman–Crippen MR) is 76.3 cm³/mol. The number of hydrogen-bond donors (Lipinski definition) is 2. The fraction of sp³-hybridized carbons (Fsp3) is 0.533. The Morgan fingerprint density at radius 3 is 2.65 bits per heavy atom. The highest BCUT2D eigenvalue weighted by atomic mass is 19.2. The molecule has 1 atom stereocenters. The molecule has 0 saturated heterocycles. The second kappa shape index (κ2) is 6.31. The molecule has 3 nitrogen and oxygen atoms in total. The first-order valence-corrected chi connectivity index (χ1v) is 7.05. The van der Waals surface area contributed by atoms with Crippen LogP contribution in [0, 0.1) is 23.5 Å². The number of rotatable bonds is 6. The number of halogens is 2. The van der Waals surface area contributed by atoms with Gasteiger partial charge in [-0.2, -0.15) is 0 Å². The smallest absolute Gasteiger partial charge is 0.186 e. The van der Waals surface area contributed by atoms with Gasteiger partial charge in [0.2, 0.25) is 0 Å². The number of fused-ring (bicyclic) bond motifs is 1. The van der Waals surface area contributed by atoms with Crippen molar-refractivity contribution in [1.82, 2.24) is 9.97 Å². The Bertz CT molecular complexity index is 578. The lowest BCUT2D eigenvalue weighted by molar-refractivity contribution is 0.339. The van der Waals surface area contributed by atoms with Gasteiger partial charge in [-0.1, -0.05) is 13.8 Å². The minimum Gasteiger partial charge on any atom is -0.342 e. The minimum atomic E-state index is -0.882. The minimum absolute atomic E-state index is 0.0833. The summed E-state index contributed by atoms with van der Waals surface area (Å²) in [7, 11) is 0. The quantitative estimate of drug-likeness (QED) is 0.852. The summed E-state index contributed by atoms with van der Waals surface area (Å²) in [5.41, 5.74) is 6.24. The molecule has 5 heteroatoms. The van der Waals surface area contributed by atoms with Gasteiger partial charge in [0, 0.05) is 6.42 Å². The fourth-order valence-corrected chi connectivity index (χ4v) is 2.53. The maximum absolute atomic E-state index is 13.6. The summed E-state index contributed by atoms with van der Waals surface area (Å²) in [6.45, 7) is 5.02. The molecule has 0 bridgehead atoms.